The number of carbonyl (C=O) groups excluding carboxylic acids is 1. The Hall–Kier alpha value is -3.52. The van der Waals surface area contributed by atoms with Crippen molar-refractivity contribution in [2.24, 2.45) is 0 Å². The number of sulfonamides is 1. The van der Waals surface area contributed by atoms with Crippen molar-refractivity contribution < 1.29 is 22.7 Å². The van der Waals surface area contributed by atoms with Crippen LogP contribution in [0.5, 0.6) is 11.5 Å². The van der Waals surface area contributed by atoms with Gasteiger partial charge in [-0.1, -0.05) is 42.5 Å². The highest BCUT2D eigenvalue weighted by molar-refractivity contribution is 7.92. The maximum absolute atomic E-state index is 13.3. The number of anilines is 1. The molecule has 1 heterocycles. The lowest BCUT2D eigenvalue weighted by Crippen LogP contribution is -2.51. The second-order valence-corrected chi connectivity index (χ2v) is 9.24. The van der Waals surface area contributed by atoms with Gasteiger partial charge in [0.05, 0.1) is 23.7 Å². The molecular formula is C24H24N2O5S. The van der Waals surface area contributed by atoms with Crippen LogP contribution in [-0.4, -0.2) is 40.1 Å². The standard InChI is InChI=1S/C24H24N2O5S/c1-18-12-13-21-22(16-18)31-23(17-26(21)32(28,29)20-10-6-3-7-11-20)24(27)25-14-15-30-19-8-4-2-5-9-19/h2-13,16,23H,14-15,17H2,1H3,(H,25,27). The molecule has 8 heteroatoms. The summed E-state index contributed by atoms with van der Waals surface area (Å²) in [5.74, 6) is 0.665. The smallest absolute Gasteiger partial charge is 0.264 e. The minimum atomic E-state index is -3.87. The van der Waals surface area contributed by atoms with E-state index in [2.05, 4.69) is 5.32 Å². The molecule has 1 amide bonds. The van der Waals surface area contributed by atoms with Gasteiger partial charge in [0, 0.05) is 0 Å². The number of benzene rings is 3. The molecule has 0 saturated carbocycles. The summed E-state index contributed by atoms with van der Waals surface area (Å²) in [6.07, 6.45) is -0.987. The van der Waals surface area contributed by atoms with E-state index < -0.39 is 22.0 Å². The molecule has 32 heavy (non-hydrogen) atoms. The van der Waals surface area contributed by atoms with Gasteiger partial charge in [0.25, 0.3) is 15.9 Å². The van der Waals surface area contributed by atoms with E-state index in [0.29, 0.717) is 17.2 Å². The summed E-state index contributed by atoms with van der Waals surface area (Å²) >= 11 is 0. The number of nitrogens with one attached hydrogen (secondary N) is 1. The summed E-state index contributed by atoms with van der Waals surface area (Å²) in [7, 11) is -3.87. The van der Waals surface area contributed by atoms with Crippen molar-refractivity contribution in [2.45, 2.75) is 17.9 Å². The molecule has 0 aromatic heterocycles. The Bertz CT molecular complexity index is 1180. The monoisotopic (exact) mass is 452 g/mol. The lowest BCUT2D eigenvalue weighted by atomic mass is 10.1. The van der Waals surface area contributed by atoms with Crippen LogP contribution < -0.4 is 19.1 Å². The molecule has 0 aliphatic carbocycles. The van der Waals surface area contributed by atoms with Crippen molar-refractivity contribution in [1.29, 1.82) is 0 Å². The van der Waals surface area contributed by atoms with Crippen LogP contribution in [0, 0.1) is 6.92 Å². The third kappa shape index (κ3) is 4.70. The largest absolute Gasteiger partial charge is 0.492 e. The summed E-state index contributed by atoms with van der Waals surface area (Å²) in [5.41, 5.74) is 1.31. The number of rotatable bonds is 7. The predicted molar refractivity (Wildman–Crippen MR) is 122 cm³/mol. The van der Waals surface area contributed by atoms with Crippen molar-refractivity contribution in [2.75, 3.05) is 24.0 Å². The SMILES string of the molecule is Cc1ccc2c(c1)OC(C(=O)NCCOc1ccccc1)CN2S(=O)(=O)c1ccccc1. The first-order valence-corrected chi connectivity index (χ1v) is 11.7. The van der Waals surface area contributed by atoms with E-state index in [-0.39, 0.29) is 24.6 Å². The Kier molecular flexibility index (Phi) is 6.32. The van der Waals surface area contributed by atoms with Crippen LogP contribution in [0.1, 0.15) is 5.56 Å². The van der Waals surface area contributed by atoms with Gasteiger partial charge in [-0.3, -0.25) is 9.10 Å². The molecule has 0 bridgehead atoms. The quantitative estimate of drug-likeness (QED) is 0.557. The molecule has 4 rings (SSSR count). The lowest BCUT2D eigenvalue weighted by molar-refractivity contribution is -0.127. The predicted octanol–water partition coefficient (Wildman–Crippen LogP) is 3.15. The molecule has 1 aliphatic rings. The number of carbonyl (C=O) groups is 1. The van der Waals surface area contributed by atoms with Gasteiger partial charge >= 0.3 is 0 Å². The average Bonchev–Trinajstić information content (AvgIpc) is 2.82. The van der Waals surface area contributed by atoms with Crippen LogP contribution in [0.15, 0.2) is 83.8 Å². The minimum absolute atomic E-state index is 0.126. The fourth-order valence-corrected chi connectivity index (χ4v) is 4.92. The van der Waals surface area contributed by atoms with Gasteiger partial charge in [-0.2, -0.15) is 0 Å². The highest BCUT2D eigenvalue weighted by Crippen LogP contribution is 2.37. The number of aryl methyl sites for hydroxylation is 1. The molecule has 1 unspecified atom stereocenters. The third-order valence-electron chi connectivity index (χ3n) is 5.02. The first-order valence-electron chi connectivity index (χ1n) is 10.3. The molecule has 1 N–H and O–H groups in total. The van der Waals surface area contributed by atoms with Crippen LogP contribution >= 0.6 is 0 Å². The zero-order valence-electron chi connectivity index (χ0n) is 17.6. The van der Waals surface area contributed by atoms with Crippen LogP contribution in [0.25, 0.3) is 0 Å². The lowest BCUT2D eigenvalue weighted by Gasteiger charge is -2.35. The Morgan fingerprint density at radius 2 is 1.75 bits per heavy atom. The van der Waals surface area contributed by atoms with E-state index in [9.17, 15) is 13.2 Å². The molecule has 166 valence electrons. The molecule has 3 aromatic rings. The highest BCUT2D eigenvalue weighted by atomic mass is 32.2. The minimum Gasteiger partial charge on any atom is -0.492 e. The number of hydrogen-bond acceptors (Lipinski definition) is 5. The van der Waals surface area contributed by atoms with E-state index >= 15 is 0 Å². The van der Waals surface area contributed by atoms with E-state index in [4.69, 9.17) is 9.47 Å². The van der Waals surface area contributed by atoms with Gasteiger partial charge in [-0.05, 0) is 48.9 Å². The highest BCUT2D eigenvalue weighted by Gasteiger charge is 2.37. The Morgan fingerprint density at radius 1 is 1.06 bits per heavy atom. The van der Waals surface area contributed by atoms with Crippen molar-refractivity contribution in [3.63, 3.8) is 0 Å². The van der Waals surface area contributed by atoms with Crippen LogP contribution in [0.2, 0.25) is 0 Å². The van der Waals surface area contributed by atoms with Crippen molar-refractivity contribution in [3.05, 3.63) is 84.4 Å². The molecule has 1 atom stereocenters. The van der Waals surface area contributed by atoms with E-state index in [1.165, 1.54) is 16.4 Å². The van der Waals surface area contributed by atoms with Gasteiger partial charge in [0.2, 0.25) is 0 Å². The molecule has 0 fully saturated rings. The summed E-state index contributed by atoms with van der Waals surface area (Å²) < 4.78 is 39.4. The van der Waals surface area contributed by atoms with Crippen molar-refractivity contribution in [1.82, 2.24) is 5.32 Å². The maximum Gasteiger partial charge on any atom is 0.264 e. The van der Waals surface area contributed by atoms with Crippen LogP contribution in [0.3, 0.4) is 0 Å². The maximum atomic E-state index is 13.3. The number of nitrogens with zero attached hydrogens (tertiary/aromatic N) is 1. The van der Waals surface area contributed by atoms with Gasteiger partial charge in [0.15, 0.2) is 6.10 Å². The second-order valence-electron chi connectivity index (χ2n) is 7.38. The average molecular weight is 453 g/mol. The molecule has 3 aromatic carbocycles. The summed E-state index contributed by atoms with van der Waals surface area (Å²) in [4.78, 5) is 13.0. The zero-order chi connectivity index (χ0) is 22.6. The molecule has 0 spiro atoms. The number of amides is 1. The second kappa shape index (κ2) is 9.32. The van der Waals surface area contributed by atoms with Crippen LogP contribution in [0.4, 0.5) is 5.69 Å². The van der Waals surface area contributed by atoms with E-state index in [0.717, 1.165) is 5.56 Å². The Morgan fingerprint density at radius 3 is 2.47 bits per heavy atom. The first-order chi connectivity index (χ1) is 15.4. The third-order valence-corrected chi connectivity index (χ3v) is 6.82. The van der Waals surface area contributed by atoms with E-state index in [1.54, 1.807) is 30.3 Å². The van der Waals surface area contributed by atoms with E-state index in [1.807, 2.05) is 43.3 Å². The fourth-order valence-electron chi connectivity index (χ4n) is 3.42. The number of ether oxygens (including phenoxy) is 2. The van der Waals surface area contributed by atoms with Gasteiger partial charge < -0.3 is 14.8 Å². The summed E-state index contributed by atoms with van der Waals surface area (Å²) in [6.45, 7) is 2.30. The van der Waals surface area contributed by atoms with Gasteiger partial charge in [0.1, 0.15) is 18.1 Å². The molecule has 0 radical (unpaired) electrons. The number of para-hydroxylation sites is 1. The first kappa shape index (κ1) is 21.7. The zero-order valence-corrected chi connectivity index (χ0v) is 18.4. The Balaban J connectivity index is 1.50. The van der Waals surface area contributed by atoms with Gasteiger partial charge in [-0.15, -0.1) is 0 Å². The van der Waals surface area contributed by atoms with Crippen molar-refractivity contribution >= 4 is 21.6 Å². The topological polar surface area (TPSA) is 84.9 Å². The summed E-state index contributed by atoms with van der Waals surface area (Å²) in [6, 6.07) is 22.7. The fraction of sp³-hybridized carbons (Fsp3) is 0.208. The Labute approximate surface area is 187 Å². The normalized spacial score (nSPS) is 15.4. The van der Waals surface area contributed by atoms with Gasteiger partial charge in [-0.25, -0.2) is 8.42 Å². The molecule has 0 saturated heterocycles. The van der Waals surface area contributed by atoms with Crippen molar-refractivity contribution in [3.8, 4) is 11.5 Å². The molecular weight excluding hydrogens is 428 g/mol. The molecule has 1 aliphatic heterocycles. The van der Waals surface area contributed by atoms with Crippen LogP contribution in [-0.2, 0) is 14.8 Å². The molecule has 7 nitrogen and oxygen atoms in total. The number of fused-ring (bicyclic) bond motifs is 1. The number of hydrogen-bond donors (Lipinski definition) is 1. The summed E-state index contributed by atoms with van der Waals surface area (Å²) in [5, 5.41) is 2.77.